The Morgan fingerprint density at radius 1 is 1.30 bits per heavy atom. The molecule has 148 valence electrons. The third kappa shape index (κ3) is 5.31. The van der Waals surface area contributed by atoms with Crippen LogP contribution >= 0.6 is 12.4 Å². The lowest BCUT2D eigenvalue weighted by Crippen LogP contribution is -2.32. The molecule has 27 heavy (non-hydrogen) atoms. The summed E-state index contributed by atoms with van der Waals surface area (Å²) in [5.74, 6) is 1.04. The summed E-state index contributed by atoms with van der Waals surface area (Å²) < 4.78 is 5.24. The van der Waals surface area contributed by atoms with Crippen LogP contribution in [0.25, 0.3) is 0 Å². The highest BCUT2D eigenvalue weighted by molar-refractivity contribution is 5.91. The maximum atomic E-state index is 12.4. The van der Waals surface area contributed by atoms with Gasteiger partial charge in [-0.05, 0) is 18.0 Å². The Morgan fingerprint density at radius 2 is 2.00 bits per heavy atom. The molecule has 3 rings (SSSR count). The van der Waals surface area contributed by atoms with E-state index in [0.29, 0.717) is 30.8 Å². The number of anilines is 1. The molecule has 2 heterocycles. The highest BCUT2D eigenvalue weighted by Gasteiger charge is 2.33. The molecule has 1 amide bonds. The van der Waals surface area contributed by atoms with Gasteiger partial charge in [-0.2, -0.15) is 0 Å². The molecule has 0 saturated carbocycles. The van der Waals surface area contributed by atoms with Crippen molar-refractivity contribution in [3.63, 3.8) is 0 Å². The number of hydrogen-bond donors (Lipinski definition) is 2. The van der Waals surface area contributed by atoms with E-state index >= 15 is 0 Å². The molecule has 3 N–H and O–H groups in total. The largest absolute Gasteiger partial charge is 0.338 e. The number of carbonyl (C=O) groups excluding carboxylic acids is 1. The molecule has 0 radical (unpaired) electrons. The minimum Gasteiger partial charge on any atom is -0.338 e. The van der Waals surface area contributed by atoms with Crippen molar-refractivity contribution in [2.45, 2.75) is 32.1 Å². The van der Waals surface area contributed by atoms with Gasteiger partial charge in [0.25, 0.3) is 0 Å². The Labute approximate surface area is 166 Å². The molecule has 0 spiro atoms. The lowest BCUT2D eigenvalue weighted by atomic mass is 9.89. The second kappa shape index (κ2) is 8.87. The highest BCUT2D eigenvalue weighted by Crippen LogP contribution is 2.32. The first-order chi connectivity index (χ1) is 12.4. The van der Waals surface area contributed by atoms with E-state index < -0.39 is 0 Å². The van der Waals surface area contributed by atoms with Crippen LogP contribution in [0.2, 0.25) is 0 Å². The van der Waals surface area contributed by atoms with Crippen molar-refractivity contribution in [1.29, 1.82) is 0 Å². The zero-order chi connectivity index (χ0) is 18.7. The molecular weight excluding hydrogens is 364 g/mol. The Morgan fingerprint density at radius 3 is 2.59 bits per heavy atom. The molecule has 6 nitrogen and oxygen atoms in total. The molecule has 0 unspecified atom stereocenters. The third-order valence-electron chi connectivity index (χ3n) is 4.96. The monoisotopic (exact) mass is 392 g/mol. The fraction of sp³-hybridized carbons (Fsp3) is 0.500. The van der Waals surface area contributed by atoms with Crippen LogP contribution in [0.5, 0.6) is 0 Å². The molecule has 0 bridgehead atoms. The van der Waals surface area contributed by atoms with Crippen LogP contribution in [0.4, 0.5) is 5.88 Å². The summed E-state index contributed by atoms with van der Waals surface area (Å²) in [5, 5.41) is 6.84. The number of benzene rings is 1. The van der Waals surface area contributed by atoms with Crippen LogP contribution in [0, 0.1) is 5.92 Å². The number of carbonyl (C=O) groups is 1. The van der Waals surface area contributed by atoms with Gasteiger partial charge in [-0.25, -0.2) is 0 Å². The van der Waals surface area contributed by atoms with Crippen LogP contribution in [-0.2, 0) is 10.2 Å². The van der Waals surface area contributed by atoms with Crippen molar-refractivity contribution in [2.75, 3.05) is 31.5 Å². The number of rotatable bonds is 5. The number of aromatic nitrogens is 1. The number of nitrogens with two attached hydrogens (primary N) is 1. The first-order valence-electron chi connectivity index (χ1n) is 9.11. The Balaban J connectivity index is 0.00000261. The summed E-state index contributed by atoms with van der Waals surface area (Å²) in [6.07, 6.45) is 0. The van der Waals surface area contributed by atoms with E-state index in [1.54, 1.807) is 6.07 Å². The molecular formula is C20H29ClN4O2. The van der Waals surface area contributed by atoms with Crippen molar-refractivity contribution in [3.05, 3.63) is 47.7 Å². The van der Waals surface area contributed by atoms with Gasteiger partial charge in [-0.15, -0.1) is 12.4 Å². The van der Waals surface area contributed by atoms with E-state index in [1.165, 1.54) is 5.56 Å². The SMILES string of the molecule is CC(C)(C)c1cc(NC(=O)CN2C[C@@H](CN)[C@H](c3ccccc3)C2)on1.Cl. The van der Waals surface area contributed by atoms with E-state index in [-0.39, 0.29) is 23.7 Å². The molecule has 1 aromatic carbocycles. The van der Waals surface area contributed by atoms with E-state index in [2.05, 4.69) is 60.4 Å². The minimum atomic E-state index is -0.112. The van der Waals surface area contributed by atoms with Crippen LogP contribution in [0.15, 0.2) is 40.9 Å². The van der Waals surface area contributed by atoms with Crippen molar-refractivity contribution >= 4 is 24.2 Å². The molecule has 7 heteroatoms. The summed E-state index contributed by atoms with van der Waals surface area (Å²) in [5.41, 5.74) is 7.97. The lowest BCUT2D eigenvalue weighted by Gasteiger charge is -2.16. The summed E-state index contributed by atoms with van der Waals surface area (Å²) in [6.45, 7) is 8.77. The molecule has 1 aliphatic rings. The first-order valence-corrected chi connectivity index (χ1v) is 9.11. The Bertz CT molecular complexity index is 742. The van der Waals surface area contributed by atoms with Gasteiger partial charge in [-0.1, -0.05) is 56.3 Å². The number of nitrogens with zero attached hydrogens (tertiary/aromatic N) is 2. The van der Waals surface area contributed by atoms with Gasteiger partial charge in [0.2, 0.25) is 11.8 Å². The average molecular weight is 393 g/mol. The maximum Gasteiger partial charge on any atom is 0.240 e. The maximum absolute atomic E-state index is 12.4. The molecule has 2 aromatic rings. The van der Waals surface area contributed by atoms with E-state index in [4.69, 9.17) is 10.3 Å². The highest BCUT2D eigenvalue weighted by atomic mass is 35.5. The molecule has 1 fully saturated rings. The van der Waals surface area contributed by atoms with Crippen molar-refractivity contribution < 1.29 is 9.32 Å². The normalized spacial score (nSPS) is 20.3. The predicted molar refractivity (Wildman–Crippen MR) is 109 cm³/mol. The quantitative estimate of drug-likeness (QED) is 0.817. The molecule has 1 aliphatic heterocycles. The van der Waals surface area contributed by atoms with Gasteiger partial charge < -0.3 is 10.3 Å². The van der Waals surface area contributed by atoms with E-state index in [1.807, 2.05) is 6.07 Å². The van der Waals surface area contributed by atoms with Gasteiger partial charge in [0.1, 0.15) is 0 Å². The van der Waals surface area contributed by atoms with E-state index in [9.17, 15) is 4.79 Å². The fourth-order valence-corrected chi connectivity index (χ4v) is 3.47. The second-order valence-electron chi connectivity index (χ2n) is 8.08. The Hall–Kier alpha value is -1.89. The topological polar surface area (TPSA) is 84.4 Å². The zero-order valence-corrected chi connectivity index (χ0v) is 17.0. The molecule has 1 aromatic heterocycles. The van der Waals surface area contributed by atoms with Crippen LogP contribution in [-0.4, -0.2) is 42.1 Å². The molecule has 1 saturated heterocycles. The average Bonchev–Trinajstić information content (AvgIpc) is 3.22. The number of halogens is 1. The van der Waals surface area contributed by atoms with E-state index in [0.717, 1.165) is 18.8 Å². The first kappa shape index (κ1) is 21.4. The zero-order valence-electron chi connectivity index (χ0n) is 16.1. The molecule has 0 aliphatic carbocycles. The number of likely N-dealkylation sites (tertiary alicyclic amines) is 1. The van der Waals surface area contributed by atoms with Crippen molar-refractivity contribution in [3.8, 4) is 0 Å². The smallest absolute Gasteiger partial charge is 0.240 e. The third-order valence-corrected chi connectivity index (χ3v) is 4.96. The minimum absolute atomic E-state index is 0. The summed E-state index contributed by atoms with van der Waals surface area (Å²) in [4.78, 5) is 14.6. The van der Waals surface area contributed by atoms with Crippen LogP contribution in [0.1, 0.15) is 37.9 Å². The van der Waals surface area contributed by atoms with Gasteiger partial charge in [0.15, 0.2) is 0 Å². The summed E-state index contributed by atoms with van der Waals surface area (Å²) in [6, 6.07) is 12.2. The number of nitrogens with one attached hydrogen (secondary N) is 1. The van der Waals surface area contributed by atoms with Crippen molar-refractivity contribution in [1.82, 2.24) is 10.1 Å². The van der Waals surface area contributed by atoms with Gasteiger partial charge in [0, 0.05) is 30.5 Å². The van der Waals surface area contributed by atoms with Gasteiger partial charge >= 0.3 is 0 Å². The summed E-state index contributed by atoms with van der Waals surface area (Å²) >= 11 is 0. The summed E-state index contributed by atoms with van der Waals surface area (Å²) in [7, 11) is 0. The van der Waals surface area contributed by atoms with Gasteiger partial charge in [0.05, 0.1) is 12.2 Å². The number of hydrogen-bond acceptors (Lipinski definition) is 5. The van der Waals surface area contributed by atoms with Crippen LogP contribution in [0.3, 0.4) is 0 Å². The number of amides is 1. The predicted octanol–water partition coefficient (Wildman–Crippen LogP) is 3.01. The second-order valence-corrected chi connectivity index (χ2v) is 8.08. The lowest BCUT2D eigenvalue weighted by molar-refractivity contribution is -0.117. The fourth-order valence-electron chi connectivity index (χ4n) is 3.47. The molecule has 2 atom stereocenters. The van der Waals surface area contributed by atoms with Gasteiger partial charge in [-0.3, -0.25) is 15.0 Å². The van der Waals surface area contributed by atoms with Crippen molar-refractivity contribution in [2.24, 2.45) is 11.7 Å². The van der Waals surface area contributed by atoms with Crippen LogP contribution < -0.4 is 11.1 Å². The Kier molecular flexibility index (Phi) is 7.03. The standard InChI is InChI=1S/C20H28N4O2.ClH/c1-20(2,3)17-9-19(26-23-17)22-18(25)13-24-11-15(10-21)16(12-24)14-7-5-4-6-8-14;/h4-9,15-16H,10-13,21H2,1-3H3,(H,22,25);1H/t15-,16+;/m1./s1.